The highest BCUT2D eigenvalue weighted by atomic mass is 16.5. The van der Waals surface area contributed by atoms with E-state index >= 15 is 0 Å². The van der Waals surface area contributed by atoms with Gasteiger partial charge in [0.1, 0.15) is 6.42 Å². The number of nitrogens with one attached hydrogen (secondary N) is 2. The first kappa shape index (κ1) is 17.8. The summed E-state index contributed by atoms with van der Waals surface area (Å²) in [5.41, 5.74) is 1.50. The van der Waals surface area contributed by atoms with Gasteiger partial charge in [0, 0.05) is 23.0 Å². The molecule has 0 aromatic heterocycles. The lowest BCUT2D eigenvalue weighted by molar-refractivity contribution is -0.115. The lowest BCUT2D eigenvalue weighted by Crippen LogP contribution is -2.13. The minimum absolute atomic E-state index is 0.221. The Labute approximate surface area is 145 Å². The summed E-state index contributed by atoms with van der Waals surface area (Å²) in [5.74, 6) is 0.376. The number of amides is 2. The topological polar surface area (TPSA) is 100 Å². The number of methoxy groups -OCH3 is 2. The van der Waals surface area contributed by atoms with E-state index in [1.165, 1.54) is 14.2 Å². The lowest BCUT2D eigenvalue weighted by Gasteiger charge is -2.11. The second kappa shape index (κ2) is 8.36. The molecule has 2 aromatic rings. The Morgan fingerprint density at radius 2 is 1.60 bits per heavy atom. The summed E-state index contributed by atoms with van der Waals surface area (Å²) in [7, 11) is 3.05. The predicted octanol–water partition coefficient (Wildman–Crippen LogP) is 2.81. The third-order valence-electron chi connectivity index (χ3n) is 3.31. The molecule has 0 radical (unpaired) electrons. The molecular weight excluding hydrogens is 322 g/mol. The van der Waals surface area contributed by atoms with Gasteiger partial charge in [0.05, 0.1) is 20.3 Å². The maximum atomic E-state index is 12.3. The molecule has 0 saturated heterocycles. The lowest BCUT2D eigenvalue weighted by atomic mass is 10.2. The molecule has 7 heteroatoms. The molecule has 2 amide bonds. The van der Waals surface area contributed by atoms with Gasteiger partial charge in [-0.05, 0) is 36.4 Å². The summed E-state index contributed by atoms with van der Waals surface area (Å²) in [6.45, 7) is 0. The summed E-state index contributed by atoms with van der Waals surface area (Å²) in [6, 6.07) is 13.2. The van der Waals surface area contributed by atoms with Crippen LogP contribution in [0.2, 0.25) is 0 Å². The molecule has 0 aliphatic heterocycles. The number of ether oxygens (including phenoxy) is 2. The van der Waals surface area contributed by atoms with Crippen molar-refractivity contribution in [3.05, 3.63) is 48.0 Å². The van der Waals surface area contributed by atoms with Crippen LogP contribution in [0.15, 0.2) is 42.5 Å². The number of anilines is 2. The van der Waals surface area contributed by atoms with Crippen molar-refractivity contribution in [2.45, 2.75) is 6.42 Å². The van der Waals surface area contributed by atoms with Crippen LogP contribution in [0.4, 0.5) is 11.4 Å². The van der Waals surface area contributed by atoms with Gasteiger partial charge in [0.15, 0.2) is 11.5 Å². The monoisotopic (exact) mass is 339 g/mol. The van der Waals surface area contributed by atoms with Crippen molar-refractivity contribution in [2.75, 3.05) is 24.9 Å². The Morgan fingerprint density at radius 3 is 2.20 bits per heavy atom. The van der Waals surface area contributed by atoms with Crippen LogP contribution in [0.5, 0.6) is 11.5 Å². The first-order valence-corrected chi connectivity index (χ1v) is 7.37. The zero-order chi connectivity index (χ0) is 18.2. The Morgan fingerprint density at radius 1 is 0.960 bits per heavy atom. The molecule has 0 heterocycles. The average molecular weight is 339 g/mol. The van der Waals surface area contributed by atoms with Gasteiger partial charge in [-0.3, -0.25) is 9.59 Å². The Balaban J connectivity index is 2.06. The predicted molar refractivity (Wildman–Crippen MR) is 92.8 cm³/mol. The molecule has 0 bridgehead atoms. The number of rotatable bonds is 6. The maximum absolute atomic E-state index is 12.3. The van der Waals surface area contributed by atoms with Crippen LogP contribution in [0.25, 0.3) is 0 Å². The Bertz CT molecular complexity index is 810. The molecule has 0 unspecified atom stereocenters. The number of hydrogen-bond acceptors (Lipinski definition) is 5. The fourth-order valence-corrected chi connectivity index (χ4v) is 2.10. The van der Waals surface area contributed by atoms with Crippen molar-refractivity contribution >= 4 is 23.2 Å². The molecule has 0 aliphatic carbocycles. The van der Waals surface area contributed by atoms with Crippen molar-refractivity contribution in [1.29, 1.82) is 5.26 Å². The molecule has 0 spiro atoms. The van der Waals surface area contributed by atoms with E-state index in [0.29, 0.717) is 28.4 Å². The summed E-state index contributed by atoms with van der Waals surface area (Å²) in [6.07, 6.45) is -0.221. The standard InChI is InChI=1S/C18H17N3O4/c1-24-15-8-7-14(11-16(15)25-2)21-18(23)12-3-5-13(6-4-12)20-17(22)9-10-19/h3-8,11H,9H2,1-2H3,(H,20,22)(H,21,23). The summed E-state index contributed by atoms with van der Waals surface area (Å²) < 4.78 is 10.3. The molecule has 0 atom stereocenters. The van der Waals surface area contributed by atoms with E-state index in [-0.39, 0.29) is 12.3 Å². The molecular formula is C18H17N3O4. The van der Waals surface area contributed by atoms with Crippen molar-refractivity contribution < 1.29 is 19.1 Å². The molecule has 2 aromatic carbocycles. The molecule has 128 valence electrons. The maximum Gasteiger partial charge on any atom is 0.255 e. The van der Waals surface area contributed by atoms with Gasteiger partial charge in [-0.2, -0.15) is 5.26 Å². The van der Waals surface area contributed by atoms with Crippen LogP contribution in [-0.2, 0) is 4.79 Å². The summed E-state index contributed by atoms with van der Waals surface area (Å²) in [4.78, 5) is 23.6. The Hall–Kier alpha value is -3.53. The minimum Gasteiger partial charge on any atom is -0.493 e. The molecule has 0 aliphatic rings. The number of carbonyl (C=O) groups excluding carboxylic acids is 2. The van der Waals surface area contributed by atoms with Gasteiger partial charge in [-0.15, -0.1) is 0 Å². The van der Waals surface area contributed by atoms with E-state index in [1.807, 2.05) is 0 Å². The quantitative estimate of drug-likeness (QED) is 0.843. The van der Waals surface area contributed by atoms with Crippen molar-refractivity contribution in [3.63, 3.8) is 0 Å². The molecule has 25 heavy (non-hydrogen) atoms. The van der Waals surface area contributed by atoms with E-state index < -0.39 is 5.91 Å². The number of benzene rings is 2. The molecule has 7 nitrogen and oxygen atoms in total. The normalized spacial score (nSPS) is 9.64. The van der Waals surface area contributed by atoms with Gasteiger partial charge in [0.2, 0.25) is 5.91 Å². The smallest absolute Gasteiger partial charge is 0.255 e. The molecule has 0 fully saturated rings. The Kier molecular flexibility index (Phi) is 5.96. The third-order valence-corrected chi connectivity index (χ3v) is 3.31. The van der Waals surface area contributed by atoms with E-state index in [4.69, 9.17) is 14.7 Å². The molecule has 2 N–H and O–H groups in total. The van der Waals surface area contributed by atoms with E-state index in [1.54, 1.807) is 48.5 Å². The highest BCUT2D eigenvalue weighted by molar-refractivity contribution is 6.04. The van der Waals surface area contributed by atoms with Gasteiger partial charge in [-0.25, -0.2) is 0 Å². The number of carbonyl (C=O) groups is 2. The van der Waals surface area contributed by atoms with Crippen LogP contribution in [0.3, 0.4) is 0 Å². The highest BCUT2D eigenvalue weighted by Crippen LogP contribution is 2.29. The largest absolute Gasteiger partial charge is 0.493 e. The van der Waals surface area contributed by atoms with Crippen LogP contribution in [0, 0.1) is 11.3 Å². The van der Waals surface area contributed by atoms with Crippen molar-refractivity contribution in [2.24, 2.45) is 0 Å². The van der Waals surface area contributed by atoms with Crippen LogP contribution < -0.4 is 20.1 Å². The number of nitrogens with zero attached hydrogens (tertiary/aromatic N) is 1. The second-order valence-electron chi connectivity index (χ2n) is 4.98. The summed E-state index contributed by atoms with van der Waals surface area (Å²) in [5, 5.41) is 13.8. The van der Waals surface area contributed by atoms with Gasteiger partial charge >= 0.3 is 0 Å². The SMILES string of the molecule is COc1ccc(NC(=O)c2ccc(NC(=O)CC#N)cc2)cc1OC. The van der Waals surface area contributed by atoms with E-state index in [2.05, 4.69) is 10.6 Å². The first-order chi connectivity index (χ1) is 12.1. The van der Waals surface area contributed by atoms with Gasteiger partial charge in [0.25, 0.3) is 5.91 Å². The van der Waals surface area contributed by atoms with Crippen LogP contribution in [-0.4, -0.2) is 26.0 Å². The van der Waals surface area contributed by atoms with Crippen LogP contribution >= 0.6 is 0 Å². The zero-order valence-corrected chi connectivity index (χ0v) is 13.8. The summed E-state index contributed by atoms with van der Waals surface area (Å²) >= 11 is 0. The van der Waals surface area contributed by atoms with Gasteiger partial charge in [-0.1, -0.05) is 0 Å². The minimum atomic E-state index is -0.398. The van der Waals surface area contributed by atoms with E-state index in [0.717, 1.165) is 0 Å². The van der Waals surface area contributed by atoms with Gasteiger partial charge < -0.3 is 20.1 Å². The average Bonchev–Trinajstić information content (AvgIpc) is 2.62. The van der Waals surface area contributed by atoms with Crippen molar-refractivity contribution in [3.8, 4) is 17.6 Å². The zero-order valence-electron chi connectivity index (χ0n) is 13.8. The van der Waals surface area contributed by atoms with Crippen LogP contribution in [0.1, 0.15) is 16.8 Å². The molecule has 2 rings (SSSR count). The highest BCUT2D eigenvalue weighted by Gasteiger charge is 2.10. The third kappa shape index (κ3) is 4.72. The first-order valence-electron chi connectivity index (χ1n) is 7.37. The number of nitriles is 1. The second-order valence-corrected chi connectivity index (χ2v) is 4.98. The van der Waals surface area contributed by atoms with E-state index in [9.17, 15) is 9.59 Å². The fourth-order valence-electron chi connectivity index (χ4n) is 2.10. The van der Waals surface area contributed by atoms with Crippen molar-refractivity contribution in [1.82, 2.24) is 0 Å². The number of hydrogen-bond donors (Lipinski definition) is 2. The molecule has 0 saturated carbocycles. The fraction of sp³-hybridized carbons (Fsp3) is 0.167.